The number of nitrogens with zero attached hydrogens (tertiary/aromatic N) is 7. The molecule has 0 amide bonds. The average Bonchev–Trinajstić information content (AvgIpc) is 3.55. The molecule has 0 unspecified atom stereocenters. The summed E-state index contributed by atoms with van der Waals surface area (Å²) in [5, 5.41) is 26.7. The standard InChI is InChI=1S/C24H23FN8O2/c1-13-29-21-15(4-7-20(24(2,3)34)33(21)31-13)17-11-27-23(32-12-28-30-22(17)32)26-10-16-14-8-9-35-19(14)6-5-18(16)25/h4-7,11-12,34H,8-10H2,1-3H3,(H,26,27). The molecule has 4 aromatic heterocycles. The summed E-state index contributed by atoms with van der Waals surface area (Å²) in [6.45, 7) is 6.00. The number of benzene rings is 1. The van der Waals surface area contributed by atoms with Crippen molar-refractivity contribution in [3.8, 4) is 16.9 Å². The Morgan fingerprint density at radius 1 is 1.17 bits per heavy atom. The topological polar surface area (TPSA) is 115 Å². The highest BCUT2D eigenvalue weighted by atomic mass is 19.1. The summed E-state index contributed by atoms with van der Waals surface area (Å²) < 4.78 is 23.5. The SMILES string of the molecule is Cc1nc2c(-c3cnc(NCc4c(F)ccc5c4CCO5)n4cnnc34)ccc(C(C)(C)O)n2n1. The van der Waals surface area contributed by atoms with Crippen LogP contribution in [0.15, 0.2) is 36.8 Å². The molecule has 0 spiro atoms. The van der Waals surface area contributed by atoms with Crippen LogP contribution in [0.3, 0.4) is 0 Å². The number of halogens is 1. The third kappa shape index (κ3) is 3.46. The summed E-state index contributed by atoms with van der Waals surface area (Å²) in [6.07, 6.45) is 3.91. The number of fused-ring (bicyclic) bond motifs is 3. The van der Waals surface area contributed by atoms with Crippen LogP contribution >= 0.6 is 0 Å². The van der Waals surface area contributed by atoms with Crippen molar-refractivity contribution in [3.63, 3.8) is 0 Å². The highest BCUT2D eigenvalue weighted by Crippen LogP contribution is 2.32. The Bertz CT molecular complexity index is 1600. The lowest BCUT2D eigenvalue weighted by Gasteiger charge is -2.19. The zero-order chi connectivity index (χ0) is 24.3. The number of aryl methyl sites for hydroxylation is 1. The molecule has 1 aliphatic heterocycles. The first kappa shape index (κ1) is 21.4. The fraction of sp³-hybridized carbons (Fsp3) is 0.292. The highest BCUT2D eigenvalue weighted by molar-refractivity contribution is 5.86. The van der Waals surface area contributed by atoms with E-state index in [-0.39, 0.29) is 12.4 Å². The van der Waals surface area contributed by atoms with Crippen LogP contribution in [-0.4, -0.2) is 45.9 Å². The smallest absolute Gasteiger partial charge is 0.210 e. The third-order valence-corrected chi connectivity index (χ3v) is 6.20. The van der Waals surface area contributed by atoms with Gasteiger partial charge in [-0.2, -0.15) is 5.10 Å². The predicted molar refractivity (Wildman–Crippen MR) is 126 cm³/mol. The number of hydrogen-bond donors (Lipinski definition) is 2. The minimum absolute atomic E-state index is 0.242. The maximum Gasteiger partial charge on any atom is 0.210 e. The lowest BCUT2D eigenvalue weighted by atomic mass is 10.0. The van der Waals surface area contributed by atoms with E-state index in [2.05, 4.69) is 30.6 Å². The molecular weight excluding hydrogens is 451 g/mol. The van der Waals surface area contributed by atoms with E-state index in [1.807, 2.05) is 12.1 Å². The molecule has 0 saturated carbocycles. The van der Waals surface area contributed by atoms with Crippen LogP contribution in [0.4, 0.5) is 10.3 Å². The summed E-state index contributed by atoms with van der Waals surface area (Å²) >= 11 is 0. The molecule has 10 nitrogen and oxygen atoms in total. The van der Waals surface area contributed by atoms with Gasteiger partial charge in [0.15, 0.2) is 11.3 Å². The van der Waals surface area contributed by atoms with E-state index in [1.54, 1.807) is 48.3 Å². The molecule has 6 rings (SSSR count). The van der Waals surface area contributed by atoms with Crippen molar-refractivity contribution in [1.29, 1.82) is 0 Å². The molecule has 11 heteroatoms. The maximum absolute atomic E-state index is 14.6. The summed E-state index contributed by atoms with van der Waals surface area (Å²) in [5.74, 6) is 1.50. The van der Waals surface area contributed by atoms with E-state index in [4.69, 9.17) is 4.74 Å². The average molecular weight is 475 g/mol. The Balaban J connectivity index is 1.41. The minimum Gasteiger partial charge on any atom is -0.493 e. The van der Waals surface area contributed by atoms with E-state index in [0.29, 0.717) is 52.9 Å². The van der Waals surface area contributed by atoms with Gasteiger partial charge in [-0.1, -0.05) is 0 Å². The zero-order valence-corrected chi connectivity index (χ0v) is 19.4. The molecule has 0 atom stereocenters. The van der Waals surface area contributed by atoms with Gasteiger partial charge >= 0.3 is 0 Å². The van der Waals surface area contributed by atoms with E-state index >= 15 is 0 Å². The lowest BCUT2D eigenvalue weighted by Crippen LogP contribution is -2.20. The monoisotopic (exact) mass is 474 g/mol. The molecule has 0 fully saturated rings. The lowest BCUT2D eigenvalue weighted by molar-refractivity contribution is 0.0715. The summed E-state index contributed by atoms with van der Waals surface area (Å²) in [4.78, 5) is 9.17. The van der Waals surface area contributed by atoms with Gasteiger partial charge in [-0.3, -0.25) is 4.40 Å². The molecule has 178 valence electrons. The van der Waals surface area contributed by atoms with Gasteiger partial charge in [-0.05, 0) is 45.0 Å². The van der Waals surface area contributed by atoms with Crippen LogP contribution in [0.2, 0.25) is 0 Å². The van der Waals surface area contributed by atoms with E-state index in [0.717, 1.165) is 16.9 Å². The molecular formula is C24H23FN8O2. The van der Waals surface area contributed by atoms with Crippen molar-refractivity contribution in [3.05, 3.63) is 65.3 Å². The van der Waals surface area contributed by atoms with Crippen molar-refractivity contribution in [2.45, 2.75) is 39.3 Å². The summed E-state index contributed by atoms with van der Waals surface area (Å²) in [6, 6.07) is 6.78. The molecule has 5 heterocycles. The van der Waals surface area contributed by atoms with Crippen LogP contribution in [0.1, 0.15) is 36.5 Å². The number of anilines is 1. The molecule has 0 bridgehead atoms. The van der Waals surface area contributed by atoms with Crippen LogP contribution in [0.25, 0.3) is 22.4 Å². The Kier molecular flexibility index (Phi) is 4.71. The van der Waals surface area contributed by atoms with Crippen molar-refractivity contribution in [2.24, 2.45) is 0 Å². The molecule has 5 aromatic rings. The molecule has 35 heavy (non-hydrogen) atoms. The number of ether oxygens (including phenoxy) is 1. The Morgan fingerprint density at radius 2 is 2.03 bits per heavy atom. The zero-order valence-electron chi connectivity index (χ0n) is 19.4. The van der Waals surface area contributed by atoms with E-state index in [1.165, 1.54) is 6.07 Å². The van der Waals surface area contributed by atoms with Crippen LogP contribution < -0.4 is 10.1 Å². The molecule has 0 saturated heterocycles. The van der Waals surface area contributed by atoms with Crippen molar-refractivity contribution in [1.82, 2.24) is 34.2 Å². The molecule has 1 aromatic carbocycles. The normalized spacial score (nSPS) is 13.4. The number of nitrogens with one attached hydrogen (secondary N) is 1. The second-order valence-corrected chi connectivity index (χ2v) is 9.06. The quantitative estimate of drug-likeness (QED) is 0.400. The van der Waals surface area contributed by atoms with E-state index < -0.39 is 5.60 Å². The molecule has 1 aliphatic rings. The predicted octanol–water partition coefficient (Wildman–Crippen LogP) is 3.06. The number of rotatable bonds is 5. The number of aliphatic hydroxyl groups is 1. The maximum atomic E-state index is 14.6. The Hall–Kier alpha value is -4.12. The van der Waals surface area contributed by atoms with Gasteiger partial charge in [-0.25, -0.2) is 18.9 Å². The fourth-order valence-corrected chi connectivity index (χ4v) is 4.55. The van der Waals surface area contributed by atoms with Crippen molar-refractivity contribution >= 4 is 17.2 Å². The first-order valence-corrected chi connectivity index (χ1v) is 11.3. The molecule has 0 aliphatic carbocycles. The Labute approximate surface area is 199 Å². The largest absolute Gasteiger partial charge is 0.493 e. The van der Waals surface area contributed by atoms with Gasteiger partial charge in [0.25, 0.3) is 0 Å². The van der Waals surface area contributed by atoms with Crippen LogP contribution in [0.5, 0.6) is 5.75 Å². The second kappa shape index (κ2) is 7.70. The number of aromatic nitrogens is 7. The minimum atomic E-state index is -1.11. The van der Waals surface area contributed by atoms with Crippen molar-refractivity contribution in [2.75, 3.05) is 11.9 Å². The first-order valence-electron chi connectivity index (χ1n) is 11.3. The highest BCUT2D eigenvalue weighted by Gasteiger charge is 2.24. The fourth-order valence-electron chi connectivity index (χ4n) is 4.55. The van der Waals surface area contributed by atoms with Gasteiger partial charge in [0.2, 0.25) is 5.95 Å². The summed E-state index contributed by atoms with van der Waals surface area (Å²) in [5.41, 5.74) is 3.54. The first-order chi connectivity index (χ1) is 16.8. The van der Waals surface area contributed by atoms with Gasteiger partial charge in [-0.15, -0.1) is 10.2 Å². The third-order valence-electron chi connectivity index (χ3n) is 6.20. The van der Waals surface area contributed by atoms with Gasteiger partial charge in [0.05, 0.1) is 12.3 Å². The van der Waals surface area contributed by atoms with Crippen molar-refractivity contribution < 1.29 is 14.2 Å². The van der Waals surface area contributed by atoms with Crippen LogP contribution in [-0.2, 0) is 18.6 Å². The number of hydrogen-bond acceptors (Lipinski definition) is 8. The van der Waals surface area contributed by atoms with Gasteiger partial charge < -0.3 is 15.2 Å². The second-order valence-electron chi connectivity index (χ2n) is 9.06. The Morgan fingerprint density at radius 3 is 2.86 bits per heavy atom. The van der Waals surface area contributed by atoms with E-state index in [9.17, 15) is 9.50 Å². The van der Waals surface area contributed by atoms with Crippen LogP contribution in [0, 0.1) is 12.7 Å². The molecule has 2 N–H and O–H groups in total. The molecule has 0 radical (unpaired) electrons. The van der Waals surface area contributed by atoms with Gasteiger partial charge in [0, 0.05) is 41.4 Å². The number of pyridine rings is 1. The van der Waals surface area contributed by atoms with Gasteiger partial charge in [0.1, 0.15) is 29.3 Å². The summed E-state index contributed by atoms with van der Waals surface area (Å²) in [7, 11) is 0.